The Hall–Kier alpha value is -2.28. The van der Waals surface area contributed by atoms with Crippen LogP contribution in [0.3, 0.4) is 0 Å². The summed E-state index contributed by atoms with van der Waals surface area (Å²) < 4.78 is 6.36. The largest absolute Gasteiger partial charge is 0.462 e. The molecule has 0 amide bonds. The van der Waals surface area contributed by atoms with Crippen LogP contribution in [0.1, 0.15) is 13.8 Å². The Morgan fingerprint density at radius 2 is 2.19 bits per heavy atom. The Morgan fingerprint density at radius 3 is 2.95 bits per heavy atom. The van der Waals surface area contributed by atoms with Crippen molar-refractivity contribution in [2.45, 2.75) is 19.0 Å². The Bertz CT molecular complexity index is 826. The highest BCUT2D eigenvalue weighted by Crippen LogP contribution is 2.31. The SMILES string of the molecule is CCOC(=O)C1=C(C)Nn2c(nc3ccccc3c2=O)S1. The first kappa shape index (κ1) is 13.7. The molecular formula is C14H13N3O3S. The van der Waals surface area contributed by atoms with E-state index in [1.54, 1.807) is 32.0 Å². The molecular weight excluding hydrogens is 290 g/mol. The predicted octanol–water partition coefficient (Wildman–Crippen LogP) is 1.84. The third-order valence-corrected chi connectivity index (χ3v) is 4.15. The Balaban J connectivity index is 2.12. The molecule has 108 valence electrons. The summed E-state index contributed by atoms with van der Waals surface area (Å²) in [7, 11) is 0. The highest BCUT2D eigenvalue weighted by atomic mass is 32.2. The van der Waals surface area contributed by atoms with E-state index in [1.165, 1.54) is 4.68 Å². The number of esters is 1. The van der Waals surface area contributed by atoms with Gasteiger partial charge in [-0.15, -0.1) is 0 Å². The number of allylic oxidation sites excluding steroid dienone is 1. The van der Waals surface area contributed by atoms with Gasteiger partial charge in [-0.1, -0.05) is 12.1 Å². The van der Waals surface area contributed by atoms with Crippen LogP contribution < -0.4 is 11.0 Å². The van der Waals surface area contributed by atoms with E-state index in [-0.39, 0.29) is 5.56 Å². The molecule has 0 fully saturated rings. The van der Waals surface area contributed by atoms with Crippen LogP contribution in [0.2, 0.25) is 0 Å². The minimum absolute atomic E-state index is 0.189. The van der Waals surface area contributed by atoms with E-state index in [9.17, 15) is 9.59 Å². The molecule has 7 heteroatoms. The van der Waals surface area contributed by atoms with Gasteiger partial charge in [0.1, 0.15) is 4.91 Å². The summed E-state index contributed by atoms with van der Waals surface area (Å²) in [6.45, 7) is 3.77. The van der Waals surface area contributed by atoms with Gasteiger partial charge in [0.25, 0.3) is 5.56 Å². The molecule has 1 N–H and O–H groups in total. The van der Waals surface area contributed by atoms with E-state index in [0.717, 1.165) is 11.8 Å². The Kier molecular flexibility index (Phi) is 3.42. The highest BCUT2D eigenvalue weighted by Gasteiger charge is 2.25. The summed E-state index contributed by atoms with van der Waals surface area (Å²) in [4.78, 5) is 29.2. The molecule has 0 radical (unpaired) electrons. The van der Waals surface area contributed by atoms with Crippen molar-refractivity contribution in [1.29, 1.82) is 0 Å². The maximum atomic E-state index is 12.4. The van der Waals surface area contributed by atoms with Gasteiger partial charge >= 0.3 is 5.97 Å². The lowest BCUT2D eigenvalue weighted by Gasteiger charge is -2.22. The number of thioether (sulfide) groups is 1. The molecule has 0 spiro atoms. The first-order valence-electron chi connectivity index (χ1n) is 6.46. The molecule has 2 aromatic rings. The number of benzene rings is 1. The second-order valence-corrected chi connectivity index (χ2v) is 5.42. The van der Waals surface area contributed by atoms with Gasteiger partial charge < -0.3 is 4.74 Å². The van der Waals surface area contributed by atoms with Gasteiger partial charge in [-0.25, -0.2) is 9.78 Å². The van der Waals surface area contributed by atoms with E-state index in [2.05, 4.69) is 10.4 Å². The molecule has 0 saturated heterocycles. The summed E-state index contributed by atoms with van der Waals surface area (Å²) in [5, 5.41) is 0.953. The second-order valence-electron chi connectivity index (χ2n) is 4.44. The van der Waals surface area contributed by atoms with Crippen molar-refractivity contribution in [2.75, 3.05) is 12.0 Å². The van der Waals surface area contributed by atoms with Crippen LogP contribution in [0.4, 0.5) is 0 Å². The molecule has 3 rings (SSSR count). The van der Waals surface area contributed by atoms with Crippen LogP contribution >= 0.6 is 11.8 Å². The fourth-order valence-electron chi connectivity index (χ4n) is 2.06. The second kappa shape index (κ2) is 5.25. The summed E-state index contributed by atoms with van der Waals surface area (Å²) >= 11 is 1.14. The third-order valence-electron chi connectivity index (χ3n) is 3.02. The average Bonchev–Trinajstić information content (AvgIpc) is 2.48. The van der Waals surface area contributed by atoms with Crippen molar-refractivity contribution < 1.29 is 9.53 Å². The molecule has 2 heterocycles. The van der Waals surface area contributed by atoms with Gasteiger partial charge in [0.15, 0.2) is 5.16 Å². The standard InChI is InChI=1S/C14H13N3O3S/c1-3-20-13(19)11-8(2)16-17-12(18)9-6-4-5-7-10(9)15-14(17)21-11/h4-7,16H,3H2,1-2H3. The molecule has 0 aliphatic carbocycles. The monoisotopic (exact) mass is 303 g/mol. The normalized spacial score (nSPS) is 13.8. The van der Waals surface area contributed by atoms with E-state index < -0.39 is 5.97 Å². The molecule has 0 bridgehead atoms. The van der Waals surface area contributed by atoms with E-state index >= 15 is 0 Å². The number of hydrogen-bond acceptors (Lipinski definition) is 6. The summed E-state index contributed by atoms with van der Waals surface area (Å²) in [5.41, 5.74) is 3.90. The van der Waals surface area contributed by atoms with Crippen molar-refractivity contribution in [3.8, 4) is 0 Å². The van der Waals surface area contributed by atoms with Gasteiger partial charge in [-0.3, -0.25) is 10.2 Å². The van der Waals surface area contributed by atoms with Gasteiger partial charge in [-0.2, -0.15) is 4.68 Å². The molecule has 0 saturated carbocycles. The zero-order chi connectivity index (χ0) is 15.0. The van der Waals surface area contributed by atoms with E-state index in [1.807, 2.05) is 6.07 Å². The van der Waals surface area contributed by atoms with Crippen molar-refractivity contribution in [1.82, 2.24) is 9.66 Å². The minimum atomic E-state index is -0.416. The summed E-state index contributed by atoms with van der Waals surface area (Å²) in [5.74, 6) is -0.416. The molecule has 0 atom stereocenters. The summed E-state index contributed by atoms with van der Waals surface area (Å²) in [6, 6.07) is 7.11. The molecule has 0 unspecified atom stereocenters. The molecule has 21 heavy (non-hydrogen) atoms. The number of nitrogens with one attached hydrogen (secondary N) is 1. The maximum Gasteiger partial charge on any atom is 0.346 e. The lowest BCUT2D eigenvalue weighted by molar-refractivity contribution is -0.137. The first-order chi connectivity index (χ1) is 10.1. The lowest BCUT2D eigenvalue weighted by Crippen LogP contribution is -2.34. The average molecular weight is 303 g/mol. The van der Waals surface area contributed by atoms with Gasteiger partial charge in [0.05, 0.1) is 23.2 Å². The van der Waals surface area contributed by atoms with Crippen molar-refractivity contribution in [3.63, 3.8) is 0 Å². The fourth-order valence-corrected chi connectivity index (χ4v) is 2.94. The van der Waals surface area contributed by atoms with Gasteiger partial charge in [-0.05, 0) is 37.7 Å². The molecule has 1 aromatic heterocycles. The van der Waals surface area contributed by atoms with Crippen LogP contribution in [-0.4, -0.2) is 22.2 Å². The van der Waals surface area contributed by atoms with Gasteiger partial charge in [0.2, 0.25) is 0 Å². The molecule has 6 nitrogen and oxygen atoms in total. The van der Waals surface area contributed by atoms with Crippen LogP contribution in [0, 0.1) is 0 Å². The molecule has 1 aromatic carbocycles. The number of aromatic nitrogens is 2. The minimum Gasteiger partial charge on any atom is -0.462 e. The maximum absolute atomic E-state index is 12.4. The van der Waals surface area contributed by atoms with Gasteiger partial charge in [0, 0.05) is 0 Å². The number of ether oxygens (including phenoxy) is 1. The highest BCUT2D eigenvalue weighted by molar-refractivity contribution is 8.03. The number of rotatable bonds is 2. The number of fused-ring (bicyclic) bond motifs is 2. The van der Waals surface area contributed by atoms with E-state index in [0.29, 0.717) is 33.3 Å². The lowest BCUT2D eigenvalue weighted by atomic mass is 10.2. The fraction of sp³-hybridized carbons (Fsp3) is 0.214. The Morgan fingerprint density at radius 1 is 1.43 bits per heavy atom. The number of carbonyl (C=O) groups is 1. The summed E-state index contributed by atoms with van der Waals surface area (Å²) in [6.07, 6.45) is 0. The zero-order valence-corrected chi connectivity index (χ0v) is 12.4. The van der Waals surface area contributed by atoms with Crippen LogP contribution in [0.25, 0.3) is 10.9 Å². The smallest absolute Gasteiger partial charge is 0.346 e. The zero-order valence-electron chi connectivity index (χ0n) is 11.5. The number of para-hydroxylation sites is 1. The third kappa shape index (κ3) is 2.29. The van der Waals surface area contributed by atoms with Crippen molar-refractivity contribution >= 4 is 28.6 Å². The topological polar surface area (TPSA) is 73.2 Å². The number of carbonyl (C=O) groups excluding carboxylic acids is 1. The van der Waals surface area contributed by atoms with E-state index in [4.69, 9.17) is 4.74 Å². The Labute approximate surface area is 124 Å². The van der Waals surface area contributed by atoms with Crippen molar-refractivity contribution in [2.24, 2.45) is 0 Å². The number of hydrogen-bond donors (Lipinski definition) is 1. The van der Waals surface area contributed by atoms with Crippen LogP contribution in [0.15, 0.2) is 44.8 Å². The number of nitrogens with zero attached hydrogens (tertiary/aromatic N) is 2. The molecule has 1 aliphatic rings. The quantitative estimate of drug-likeness (QED) is 0.674. The molecule has 1 aliphatic heterocycles. The predicted molar refractivity (Wildman–Crippen MR) is 80.6 cm³/mol. The first-order valence-corrected chi connectivity index (χ1v) is 7.28. The van der Waals surface area contributed by atoms with Crippen LogP contribution in [-0.2, 0) is 9.53 Å². The van der Waals surface area contributed by atoms with Crippen molar-refractivity contribution in [3.05, 3.63) is 45.2 Å². The van der Waals surface area contributed by atoms with Crippen LogP contribution in [0.5, 0.6) is 0 Å².